The van der Waals surface area contributed by atoms with E-state index in [0.717, 1.165) is 10.5 Å². The van der Waals surface area contributed by atoms with Crippen LogP contribution in [0.5, 0.6) is 0 Å². The number of carboxylic acids is 1. The van der Waals surface area contributed by atoms with Gasteiger partial charge in [0, 0.05) is 17.2 Å². The Morgan fingerprint density at radius 3 is 2.19 bits per heavy atom. The minimum atomic E-state index is -1.19. The molecule has 2 aromatic rings. The number of fused-ring (bicyclic) bond motifs is 1. The van der Waals surface area contributed by atoms with Crippen molar-refractivity contribution in [3.05, 3.63) is 57.8 Å². The van der Waals surface area contributed by atoms with E-state index in [-0.39, 0.29) is 6.42 Å². The van der Waals surface area contributed by atoms with Crippen molar-refractivity contribution in [2.75, 3.05) is 0 Å². The van der Waals surface area contributed by atoms with E-state index in [1.165, 1.54) is 11.3 Å². The number of amides is 2. The van der Waals surface area contributed by atoms with Gasteiger partial charge in [0.25, 0.3) is 11.8 Å². The molecular formula is C15H11NO4S. The number of imide groups is 1. The molecule has 2 heterocycles. The van der Waals surface area contributed by atoms with Crippen molar-refractivity contribution in [2.24, 2.45) is 0 Å². The van der Waals surface area contributed by atoms with Crippen molar-refractivity contribution in [3.8, 4) is 0 Å². The van der Waals surface area contributed by atoms with Crippen LogP contribution in [0.25, 0.3) is 0 Å². The maximum absolute atomic E-state index is 12.3. The van der Waals surface area contributed by atoms with Gasteiger partial charge in [-0.05, 0) is 5.56 Å². The molecule has 21 heavy (non-hydrogen) atoms. The smallest absolute Gasteiger partial charge is 0.327 e. The highest BCUT2D eigenvalue weighted by molar-refractivity contribution is 7.08. The third kappa shape index (κ3) is 2.23. The van der Waals surface area contributed by atoms with Crippen molar-refractivity contribution in [2.45, 2.75) is 12.5 Å². The van der Waals surface area contributed by atoms with Gasteiger partial charge < -0.3 is 5.11 Å². The second-order valence-electron chi connectivity index (χ2n) is 4.72. The number of rotatable bonds is 4. The average Bonchev–Trinajstić information content (AvgIpc) is 3.03. The normalized spacial score (nSPS) is 15.1. The molecule has 6 heteroatoms. The zero-order chi connectivity index (χ0) is 15.0. The summed E-state index contributed by atoms with van der Waals surface area (Å²) in [7, 11) is 0. The van der Waals surface area contributed by atoms with Gasteiger partial charge >= 0.3 is 5.97 Å². The Morgan fingerprint density at radius 2 is 1.67 bits per heavy atom. The molecule has 1 N–H and O–H groups in total. The Bertz CT molecular complexity index is 692. The fraction of sp³-hybridized carbons (Fsp3) is 0.133. The van der Waals surface area contributed by atoms with Gasteiger partial charge in [-0.25, -0.2) is 4.79 Å². The molecule has 0 fully saturated rings. The monoisotopic (exact) mass is 301 g/mol. The first kappa shape index (κ1) is 13.5. The lowest BCUT2D eigenvalue weighted by Gasteiger charge is -2.22. The van der Waals surface area contributed by atoms with Crippen molar-refractivity contribution < 1.29 is 19.5 Å². The van der Waals surface area contributed by atoms with E-state index in [2.05, 4.69) is 0 Å². The lowest BCUT2D eigenvalue weighted by Crippen LogP contribution is -2.46. The molecule has 5 nitrogen and oxygen atoms in total. The van der Waals surface area contributed by atoms with Crippen molar-refractivity contribution >= 4 is 29.1 Å². The summed E-state index contributed by atoms with van der Waals surface area (Å²) < 4.78 is 0. The Hall–Kier alpha value is -2.47. The molecule has 1 aliphatic heterocycles. The van der Waals surface area contributed by atoms with Gasteiger partial charge in [-0.1, -0.05) is 30.3 Å². The first-order valence-electron chi connectivity index (χ1n) is 6.30. The molecule has 106 valence electrons. The minimum Gasteiger partial charge on any atom is -0.480 e. The van der Waals surface area contributed by atoms with Crippen LogP contribution in [-0.2, 0) is 11.2 Å². The minimum absolute atomic E-state index is 0.0986. The van der Waals surface area contributed by atoms with Crippen LogP contribution in [-0.4, -0.2) is 33.8 Å². The predicted molar refractivity (Wildman–Crippen MR) is 76.4 cm³/mol. The average molecular weight is 301 g/mol. The SMILES string of the molecule is O=C(O)C(Cc1ccccc1)N1C(=O)c2cscc2C1=O. The molecule has 1 aromatic carbocycles. The number of thiophene rings is 1. The highest BCUT2D eigenvalue weighted by atomic mass is 32.1. The van der Waals surface area contributed by atoms with Crippen LogP contribution in [0.4, 0.5) is 0 Å². The van der Waals surface area contributed by atoms with Crippen LogP contribution in [0.1, 0.15) is 26.3 Å². The van der Waals surface area contributed by atoms with Crippen LogP contribution in [0.2, 0.25) is 0 Å². The fourth-order valence-corrected chi connectivity index (χ4v) is 3.19. The zero-order valence-corrected chi connectivity index (χ0v) is 11.7. The highest BCUT2D eigenvalue weighted by Gasteiger charge is 2.43. The summed E-state index contributed by atoms with van der Waals surface area (Å²) in [6.07, 6.45) is 0.0986. The van der Waals surface area contributed by atoms with Gasteiger partial charge in [0.15, 0.2) is 0 Å². The van der Waals surface area contributed by atoms with Crippen LogP contribution in [0, 0.1) is 0 Å². The highest BCUT2D eigenvalue weighted by Crippen LogP contribution is 2.28. The second-order valence-corrected chi connectivity index (χ2v) is 5.47. The maximum Gasteiger partial charge on any atom is 0.327 e. The summed E-state index contributed by atoms with van der Waals surface area (Å²) in [6.45, 7) is 0. The predicted octanol–water partition coefficient (Wildman–Crippen LogP) is 2.04. The van der Waals surface area contributed by atoms with E-state index in [0.29, 0.717) is 11.1 Å². The number of hydrogen-bond acceptors (Lipinski definition) is 4. The molecular weight excluding hydrogens is 290 g/mol. The summed E-state index contributed by atoms with van der Waals surface area (Å²) in [4.78, 5) is 36.9. The standard InChI is InChI=1S/C15H11NO4S/c17-13-10-7-21-8-11(10)14(18)16(13)12(15(19)20)6-9-4-2-1-3-5-9/h1-5,7-8,12H,6H2,(H,19,20). The number of carbonyl (C=O) groups excluding carboxylic acids is 2. The number of carbonyl (C=O) groups is 3. The molecule has 1 unspecified atom stereocenters. The summed E-state index contributed by atoms with van der Waals surface area (Å²) >= 11 is 1.26. The van der Waals surface area contributed by atoms with E-state index >= 15 is 0 Å². The molecule has 0 bridgehead atoms. The number of aliphatic carboxylic acids is 1. The van der Waals surface area contributed by atoms with Crippen molar-refractivity contribution in [1.82, 2.24) is 4.90 Å². The summed E-state index contributed by atoms with van der Waals surface area (Å²) in [6, 6.07) is 7.76. The number of benzene rings is 1. The summed E-state index contributed by atoms with van der Waals surface area (Å²) in [5.41, 5.74) is 1.36. The van der Waals surface area contributed by atoms with Gasteiger partial charge in [-0.2, -0.15) is 11.3 Å². The van der Waals surface area contributed by atoms with Gasteiger partial charge in [0.1, 0.15) is 6.04 Å². The Labute approximate surface area is 124 Å². The molecule has 3 rings (SSSR count). The topological polar surface area (TPSA) is 74.7 Å². The van der Waals surface area contributed by atoms with E-state index in [1.54, 1.807) is 35.0 Å². The molecule has 0 saturated heterocycles. The molecule has 0 aliphatic carbocycles. The van der Waals surface area contributed by atoms with E-state index in [1.807, 2.05) is 6.07 Å². The molecule has 0 spiro atoms. The van der Waals surface area contributed by atoms with Gasteiger partial charge in [-0.15, -0.1) is 0 Å². The quantitative estimate of drug-likeness (QED) is 0.877. The van der Waals surface area contributed by atoms with Crippen molar-refractivity contribution in [1.29, 1.82) is 0 Å². The third-order valence-corrected chi connectivity index (χ3v) is 4.17. The number of nitrogens with zero attached hydrogens (tertiary/aromatic N) is 1. The van der Waals surface area contributed by atoms with E-state index in [4.69, 9.17) is 0 Å². The van der Waals surface area contributed by atoms with E-state index in [9.17, 15) is 19.5 Å². The van der Waals surface area contributed by atoms with Crippen LogP contribution in [0.3, 0.4) is 0 Å². The first-order chi connectivity index (χ1) is 10.1. The van der Waals surface area contributed by atoms with Crippen molar-refractivity contribution in [3.63, 3.8) is 0 Å². The molecule has 0 radical (unpaired) electrons. The lowest BCUT2D eigenvalue weighted by molar-refractivity contribution is -0.141. The third-order valence-electron chi connectivity index (χ3n) is 3.43. The molecule has 1 aliphatic rings. The molecule has 1 aromatic heterocycles. The Kier molecular flexibility index (Phi) is 3.31. The Balaban J connectivity index is 1.93. The summed E-state index contributed by atoms with van der Waals surface area (Å²) in [5, 5.41) is 12.6. The fourth-order valence-electron chi connectivity index (χ4n) is 2.39. The van der Waals surface area contributed by atoms with Crippen LogP contribution < -0.4 is 0 Å². The van der Waals surface area contributed by atoms with E-state index < -0.39 is 23.8 Å². The largest absolute Gasteiger partial charge is 0.480 e. The van der Waals surface area contributed by atoms with Gasteiger partial charge in [0.2, 0.25) is 0 Å². The first-order valence-corrected chi connectivity index (χ1v) is 7.24. The second kappa shape index (κ2) is 5.14. The van der Waals surface area contributed by atoms with Gasteiger partial charge in [0.05, 0.1) is 11.1 Å². The number of hydrogen-bond donors (Lipinski definition) is 1. The maximum atomic E-state index is 12.3. The number of carboxylic acid groups (broad SMARTS) is 1. The van der Waals surface area contributed by atoms with Crippen LogP contribution in [0.15, 0.2) is 41.1 Å². The molecule has 2 amide bonds. The lowest BCUT2D eigenvalue weighted by atomic mass is 10.0. The Morgan fingerprint density at radius 1 is 1.10 bits per heavy atom. The van der Waals surface area contributed by atoms with Gasteiger partial charge in [-0.3, -0.25) is 14.5 Å². The van der Waals surface area contributed by atoms with Crippen LogP contribution >= 0.6 is 11.3 Å². The molecule has 0 saturated carbocycles. The molecule has 1 atom stereocenters. The summed E-state index contributed by atoms with van der Waals surface area (Å²) in [5.74, 6) is -2.24. The zero-order valence-electron chi connectivity index (χ0n) is 10.9.